The molecular weight excluding hydrogens is 228 g/mol. The van der Waals surface area contributed by atoms with Gasteiger partial charge >= 0.3 is 0 Å². The van der Waals surface area contributed by atoms with E-state index in [1.165, 1.54) is 13.0 Å². The minimum Gasteiger partial charge on any atom is -0.506 e. The molecule has 1 amide bonds. The number of hydrogen-bond donors (Lipinski definition) is 3. The molecule has 1 aromatic carbocycles. The number of phenolic OH excluding ortho intramolecular Hbond substituents is 1. The van der Waals surface area contributed by atoms with Crippen molar-refractivity contribution in [2.75, 3.05) is 5.32 Å². The summed E-state index contributed by atoms with van der Waals surface area (Å²) in [7, 11) is 0. The molecular formula is C11H13ClN2O2. The van der Waals surface area contributed by atoms with Crippen molar-refractivity contribution in [2.45, 2.75) is 25.3 Å². The highest BCUT2D eigenvalue weighted by atomic mass is 35.5. The van der Waals surface area contributed by atoms with Gasteiger partial charge in [-0.15, -0.1) is 0 Å². The first kappa shape index (κ1) is 11.2. The molecule has 0 spiro atoms. The van der Waals surface area contributed by atoms with Gasteiger partial charge in [0.05, 0.1) is 5.69 Å². The van der Waals surface area contributed by atoms with E-state index < -0.39 is 5.54 Å². The maximum atomic E-state index is 11.1. The predicted molar refractivity (Wildman–Crippen MR) is 62.5 cm³/mol. The lowest BCUT2D eigenvalue weighted by Gasteiger charge is -2.18. The zero-order chi connectivity index (χ0) is 11.9. The fourth-order valence-corrected chi connectivity index (χ4v) is 2.09. The normalized spacial score (nSPS) is 16.9. The van der Waals surface area contributed by atoms with E-state index in [-0.39, 0.29) is 11.7 Å². The monoisotopic (exact) mass is 240 g/mol. The Morgan fingerprint density at radius 1 is 1.56 bits per heavy atom. The summed E-state index contributed by atoms with van der Waals surface area (Å²) in [6.45, 7) is 1.38. The van der Waals surface area contributed by atoms with Crippen molar-refractivity contribution in [1.82, 2.24) is 0 Å². The molecule has 0 aromatic heterocycles. The Hall–Kier alpha value is -1.26. The number of nitrogens with one attached hydrogen (secondary N) is 1. The van der Waals surface area contributed by atoms with Gasteiger partial charge in [-0.1, -0.05) is 11.6 Å². The van der Waals surface area contributed by atoms with Crippen LogP contribution in [0.1, 0.15) is 25.3 Å². The molecule has 0 radical (unpaired) electrons. The molecule has 4 N–H and O–H groups in total. The van der Waals surface area contributed by atoms with Gasteiger partial charge < -0.3 is 16.2 Å². The summed E-state index contributed by atoms with van der Waals surface area (Å²) in [5.74, 6) is -0.269. The Labute approximate surface area is 98.4 Å². The quantitative estimate of drug-likeness (QED) is 0.692. The van der Waals surface area contributed by atoms with Crippen LogP contribution in [0.25, 0.3) is 0 Å². The molecule has 0 atom stereocenters. The Morgan fingerprint density at radius 3 is 2.69 bits per heavy atom. The van der Waals surface area contributed by atoms with Gasteiger partial charge in [0.25, 0.3) is 0 Å². The fraction of sp³-hybridized carbons (Fsp3) is 0.364. The summed E-state index contributed by atoms with van der Waals surface area (Å²) in [5, 5.41) is 12.8. The SMILES string of the molecule is CC(=O)Nc1c(O)ccc(Cl)c1C1(N)CC1. The summed E-state index contributed by atoms with van der Waals surface area (Å²) in [6, 6.07) is 3.04. The van der Waals surface area contributed by atoms with Crippen LogP contribution in [0.15, 0.2) is 12.1 Å². The van der Waals surface area contributed by atoms with E-state index in [1.807, 2.05) is 0 Å². The Kier molecular flexibility index (Phi) is 2.56. The molecule has 1 aliphatic carbocycles. The zero-order valence-electron chi connectivity index (χ0n) is 8.88. The van der Waals surface area contributed by atoms with Gasteiger partial charge in [-0.3, -0.25) is 4.79 Å². The largest absolute Gasteiger partial charge is 0.506 e. The molecule has 0 unspecified atom stereocenters. The van der Waals surface area contributed by atoms with Crippen LogP contribution in [0.3, 0.4) is 0 Å². The average molecular weight is 241 g/mol. The van der Waals surface area contributed by atoms with Crippen molar-refractivity contribution in [3.05, 3.63) is 22.7 Å². The molecule has 4 nitrogen and oxygen atoms in total. The first-order chi connectivity index (χ1) is 7.44. The number of amides is 1. The molecule has 1 saturated carbocycles. The van der Waals surface area contributed by atoms with Crippen LogP contribution in [0, 0.1) is 0 Å². The molecule has 0 aliphatic heterocycles. The van der Waals surface area contributed by atoms with Gasteiger partial charge in [-0.25, -0.2) is 0 Å². The number of anilines is 1. The highest BCUT2D eigenvalue weighted by molar-refractivity contribution is 6.32. The van der Waals surface area contributed by atoms with E-state index in [2.05, 4.69) is 5.32 Å². The van der Waals surface area contributed by atoms with Crippen LogP contribution in [-0.2, 0) is 10.3 Å². The van der Waals surface area contributed by atoms with Gasteiger partial charge in [0.1, 0.15) is 5.75 Å². The van der Waals surface area contributed by atoms with Crippen molar-refractivity contribution < 1.29 is 9.90 Å². The van der Waals surface area contributed by atoms with E-state index in [0.29, 0.717) is 16.3 Å². The zero-order valence-corrected chi connectivity index (χ0v) is 9.64. The predicted octanol–water partition coefficient (Wildman–Crippen LogP) is 1.95. The number of aromatic hydroxyl groups is 1. The molecule has 0 saturated heterocycles. The fourth-order valence-electron chi connectivity index (χ4n) is 1.74. The lowest BCUT2D eigenvalue weighted by atomic mass is 10.0. The van der Waals surface area contributed by atoms with Crippen molar-refractivity contribution in [3.8, 4) is 5.75 Å². The number of halogens is 1. The number of rotatable bonds is 2. The molecule has 1 aromatic rings. The molecule has 0 heterocycles. The lowest BCUT2D eigenvalue weighted by Crippen LogP contribution is -2.22. The third kappa shape index (κ3) is 1.86. The number of nitrogens with two attached hydrogens (primary N) is 1. The van der Waals surface area contributed by atoms with Crippen LogP contribution in [0.2, 0.25) is 5.02 Å². The minimum absolute atomic E-state index is 0.00803. The molecule has 86 valence electrons. The molecule has 2 rings (SSSR count). The molecule has 1 fully saturated rings. The second-order valence-electron chi connectivity index (χ2n) is 4.15. The molecule has 0 bridgehead atoms. The smallest absolute Gasteiger partial charge is 0.221 e. The minimum atomic E-state index is -0.506. The van der Waals surface area contributed by atoms with Crippen LogP contribution < -0.4 is 11.1 Å². The van der Waals surface area contributed by atoms with Gasteiger partial charge in [-0.05, 0) is 25.0 Å². The number of phenols is 1. The van der Waals surface area contributed by atoms with Crippen molar-refractivity contribution in [1.29, 1.82) is 0 Å². The van der Waals surface area contributed by atoms with Crippen LogP contribution in [0.5, 0.6) is 5.75 Å². The highest BCUT2D eigenvalue weighted by Crippen LogP contribution is 2.50. The second kappa shape index (κ2) is 3.64. The van der Waals surface area contributed by atoms with E-state index in [0.717, 1.165) is 12.8 Å². The van der Waals surface area contributed by atoms with Crippen molar-refractivity contribution >= 4 is 23.2 Å². The van der Waals surface area contributed by atoms with E-state index in [9.17, 15) is 9.90 Å². The molecule has 16 heavy (non-hydrogen) atoms. The summed E-state index contributed by atoms with van der Waals surface area (Å²) in [6.07, 6.45) is 1.62. The maximum Gasteiger partial charge on any atom is 0.221 e. The number of hydrogen-bond acceptors (Lipinski definition) is 3. The number of benzene rings is 1. The summed E-state index contributed by atoms with van der Waals surface area (Å²) < 4.78 is 0. The molecule has 1 aliphatic rings. The summed E-state index contributed by atoms with van der Waals surface area (Å²) in [5.41, 5.74) is 6.52. The Morgan fingerprint density at radius 2 is 2.19 bits per heavy atom. The van der Waals surface area contributed by atoms with Crippen molar-refractivity contribution in [2.24, 2.45) is 5.73 Å². The van der Waals surface area contributed by atoms with Gasteiger partial charge in [0.15, 0.2) is 0 Å². The number of carbonyl (C=O) groups is 1. The van der Waals surface area contributed by atoms with Crippen LogP contribution >= 0.6 is 11.6 Å². The van der Waals surface area contributed by atoms with Crippen LogP contribution in [-0.4, -0.2) is 11.0 Å². The Bertz CT molecular complexity index is 456. The average Bonchev–Trinajstić information content (AvgIpc) is 2.90. The lowest BCUT2D eigenvalue weighted by molar-refractivity contribution is -0.114. The van der Waals surface area contributed by atoms with Gasteiger partial charge in [-0.2, -0.15) is 0 Å². The third-order valence-electron chi connectivity index (χ3n) is 2.72. The highest BCUT2D eigenvalue weighted by Gasteiger charge is 2.44. The topological polar surface area (TPSA) is 75.3 Å². The number of carbonyl (C=O) groups excluding carboxylic acids is 1. The van der Waals surface area contributed by atoms with Crippen LogP contribution in [0.4, 0.5) is 5.69 Å². The van der Waals surface area contributed by atoms with E-state index in [1.54, 1.807) is 6.07 Å². The second-order valence-corrected chi connectivity index (χ2v) is 4.56. The van der Waals surface area contributed by atoms with Gasteiger partial charge in [0.2, 0.25) is 5.91 Å². The van der Waals surface area contributed by atoms with E-state index in [4.69, 9.17) is 17.3 Å². The summed E-state index contributed by atoms with van der Waals surface area (Å²) >= 11 is 6.07. The van der Waals surface area contributed by atoms with E-state index >= 15 is 0 Å². The first-order valence-corrected chi connectivity index (χ1v) is 5.40. The van der Waals surface area contributed by atoms with Crippen molar-refractivity contribution in [3.63, 3.8) is 0 Å². The summed E-state index contributed by atoms with van der Waals surface area (Å²) in [4.78, 5) is 11.1. The first-order valence-electron chi connectivity index (χ1n) is 5.02. The van der Waals surface area contributed by atoms with Gasteiger partial charge in [0, 0.05) is 23.0 Å². The maximum absolute atomic E-state index is 11.1. The molecule has 5 heteroatoms. The third-order valence-corrected chi connectivity index (χ3v) is 3.04. The standard InChI is InChI=1S/C11H13ClN2O2/c1-6(15)14-10-8(16)3-2-7(12)9(10)11(13)4-5-11/h2-3,16H,4-5,13H2,1H3,(H,14,15). The Balaban J connectivity index is 2.55.